The molecule has 0 saturated heterocycles. The third-order valence-corrected chi connectivity index (χ3v) is 4.52. The summed E-state index contributed by atoms with van der Waals surface area (Å²) >= 11 is 0. The van der Waals surface area contributed by atoms with Crippen LogP contribution < -0.4 is 11.0 Å². The summed E-state index contributed by atoms with van der Waals surface area (Å²) in [4.78, 5) is 33.9. The minimum Gasteiger partial charge on any atom is -0.350 e. The summed E-state index contributed by atoms with van der Waals surface area (Å²) in [5.41, 5.74) is 3.61. The number of aryl methyl sites for hydroxylation is 1. The zero-order chi connectivity index (χ0) is 19.5. The first kappa shape index (κ1) is 17.7. The molecule has 3 heterocycles. The molecule has 3 aromatic heterocycles. The van der Waals surface area contributed by atoms with Crippen LogP contribution in [0.4, 0.5) is 0 Å². The zero-order valence-corrected chi connectivity index (χ0v) is 15.4. The normalized spacial score (nSPS) is 10.9. The summed E-state index contributed by atoms with van der Waals surface area (Å²) in [6.07, 6.45) is 4.99. The highest BCUT2D eigenvalue weighted by Crippen LogP contribution is 2.16. The van der Waals surface area contributed by atoms with Crippen molar-refractivity contribution in [2.24, 2.45) is 0 Å². The van der Waals surface area contributed by atoms with E-state index < -0.39 is 0 Å². The minimum absolute atomic E-state index is 0.0784. The van der Waals surface area contributed by atoms with E-state index in [0.717, 1.165) is 16.8 Å². The van der Waals surface area contributed by atoms with Gasteiger partial charge in [-0.15, -0.1) is 0 Å². The second-order valence-electron chi connectivity index (χ2n) is 6.52. The first-order valence-corrected chi connectivity index (χ1v) is 8.92. The third-order valence-electron chi connectivity index (χ3n) is 4.52. The predicted molar refractivity (Wildman–Crippen MR) is 106 cm³/mol. The lowest BCUT2D eigenvalue weighted by atomic mass is 10.2. The molecular weight excluding hydrogens is 354 g/mol. The first-order valence-electron chi connectivity index (χ1n) is 8.92. The molecule has 0 aliphatic heterocycles. The fourth-order valence-corrected chi connectivity index (χ4v) is 3.07. The predicted octanol–water partition coefficient (Wildman–Crippen LogP) is 2.21. The Bertz CT molecular complexity index is 1180. The van der Waals surface area contributed by atoms with E-state index in [1.807, 2.05) is 43.3 Å². The number of hydrogen-bond acceptors (Lipinski definition) is 4. The van der Waals surface area contributed by atoms with Crippen LogP contribution >= 0.6 is 0 Å². The molecule has 7 heteroatoms. The van der Waals surface area contributed by atoms with Crippen LogP contribution in [0.25, 0.3) is 16.9 Å². The number of rotatable bonds is 5. The van der Waals surface area contributed by atoms with Crippen LogP contribution in [0.15, 0.2) is 71.9 Å². The summed E-state index contributed by atoms with van der Waals surface area (Å²) < 4.78 is 2.98. The van der Waals surface area contributed by atoms with Crippen molar-refractivity contribution in [3.05, 3.63) is 88.7 Å². The lowest BCUT2D eigenvalue weighted by Crippen LogP contribution is -2.32. The summed E-state index contributed by atoms with van der Waals surface area (Å²) in [5, 5.41) is 2.84. The van der Waals surface area contributed by atoms with Gasteiger partial charge in [0.25, 0.3) is 0 Å². The number of imidazole rings is 1. The molecule has 0 aliphatic carbocycles. The second kappa shape index (κ2) is 7.48. The quantitative estimate of drug-likeness (QED) is 0.581. The fraction of sp³-hybridized carbons (Fsp3) is 0.143. The third kappa shape index (κ3) is 3.42. The number of benzene rings is 1. The first-order chi connectivity index (χ1) is 13.6. The Morgan fingerprint density at radius 3 is 2.54 bits per heavy atom. The van der Waals surface area contributed by atoms with E-state index >= 15 is 0 Å². The molecule has 0 aliphatic rings. The molecule has 7 nitrogen and oxygen atoms in total. The van der Waals surface area contributed by atoms with E-state index in [4.69, 9.17) is 0 Å². The monoisotopic (exact) mass is 373 g/mol. The summed E-state index contributed by atoms with van der Waals surface area (Å²) in [7, 11) is 0. The van der Waals surface area contributed by atoms with E-state index in [9.17, 15) is 9.59 Å². The van der Waals surface area contributed by atoms with Crippen molar-refractivity contribution < 1.29 is 4.79 Å². The summed E-state index contributed by atoms with van der Waals surface area (Å²) in [6.45, 7) is 2.29. The van der Waals surface area contributed by atoms with Crippen molar-refractivity contribution in [3.8, 4) is 5.69 Å². The maximum atomic E-state index is 13.1. The van der Waals surface area contributed by atoms with Gasteiger partial charge in [-0.3, -0.25) is 14.3 Å². The van der Waals surface area contributed by atoms with Gasteiger partial charge in [0, 0.05) is 25.1 Å². The van der Waals surface area contributed by atoms with Gasteiger partial charge >= 0.3 is 5.69 Å². The van der Waals surface area contributed by atoms with Crippen LogP contribution in [0, 0.1) is 6.92 Å². The van der Waals surface area contributed by atoms with Gasteiger partial charge in [0.2, 0.25) is 5.91 Å². The Labute approximate surface area is 161 Å². The highest BCUT2D eigenvalue weighted by atomic mass is 16.2. The number of carbonyl (C=O) groups excluding carboxylic acids is 1. The maximum Gasteiger partial charge on any atom is 0.335 e. The molecule has 140 valence electrons. The van der Waals surface area contributed by atoms with Gasteiger partial charge in [-0.05, 0) is 48.9 Å². The Kier molecular flexibility index (Phi) is 4.72. The summed E-state index contributed by atoms with van der Waals surface area (Å²) in [6, 6.07) is 14.8. The fourth-order valence-electron chi connectivity index (χ4n) is 3.07. The van der Waals surface area contributed by atoms with E-state index in [-0.39, 0.29) is 18.1 Å². The molecule has 4 aromatic rings. The molecule has 0 radical (unpaired) electrons. The maximum absolute atomic E-state index is 13.1. The van der Waals surface area contributed by atoms with Gasteiger partial charge in [-0.2, -0.15) is 0 Å². The molecule has 1 N–H and O–H groups in total. The highest BCUT2D eigenvalue weighted by molar-refractivity contribution is 5.80. The van der Waals surface area contributed by atoms with Gasteiger partial charge in [0.05, 0.1) is 11.2 Å². The lowest BCUT2D eigenvalue weighted by molar-refractivity contribution is -0.121. The van der Waals surface area contributed by atoms with Gasteiger partial charge in [0.15, 0.2) is 5.65 Å². The molecular formula is C21H19N5O2. The van der Waals surface area contributed by atoms with Crippen molar-refractivity contribution in [2.75, 3.05) is 0 Å². The minimum atomic E-state index is -0.295. The molecule has 4 rings (SSSR count). The van der Waals surface area contributed by atoms with Crippen molar-refractivity contribution >= 4 is 17.1 Å². The molecule has 0 spiro atoms. The number of hydrogen-bond donors (Lipinski definition) is 1. The SMILES string of the molecule is Cc1ccc(-n2c(=O)n(CC(=O)NCc3ccncc3)c3cccnc32)cc1. The van der Waals surface area contributed by atoms with Crippen molar-refractivity contribution in [1.82, 2.24) is 24.4 Å². The Morgan fingerprint density at radius 2 is 1.79 bits per heavy atom. The number of pyridine rings is 2. The lowest BCUT2D eigenvalue weighted by Gasteiger charge is -2.06. The topological polar surface area (TPSA) is 81.8 Å². The number of nitrogens with zero attached hydrogens (tertiary/aromatic N) is 4. The molecule has 28 heavy (non-hydrogen) atoms. The molecule has 1 amide bonds. The molecule has 0 fully saturated rings. The Hall–Kier alpha value is -3.74. The number of amides is 1. The molecule has 0 bridgehead atoms. The largest absolute Gasteiger partial charge is 0.350 e. The number of aromatic nitrogens is 4. The van der Waals surface area contributed by atoms with Crippen LogP contribution in [0.2, 0.25) is 0 Å². The van der Waals surface area contributed by atoms with Crippen LogP contribution in [-0.4, -0.2) is 25.0 Å². The van der Waals surface area contributed by atoms with Gasteiger partial charge in [-0.1, -0.05) is 17.7 Å². The van der Waals surface area contributed by atoms with Gasteiger partial charge in [0.1, 0.15) is 6.54 Å². The number of nitrogens with one attached hydrogen (secondary N) is 1. The Morgan fingerprint density at radius 1 is 1.04 bits per heavy atom. The van der Waals surface area contributed by atoms with Crippen molar-refractivity contribution in [3.63, 3.8) is 0 Å². The standard InChI is InChI=1S/C21H19N5O2/c1-15-4-6-17(7-5-15)26-20-18(3-2-10-23-20)25(21(26)28)14-19(27)24-13-16-8-11-22-12-9-16/h2-12H,13-14H2,1H3,(H,24,27). The average Bonchev–Trinajstić information content (AvgIpc) is 3.00. The number of fused-ring (bicyclic) bond motifs is 1. The molecule has 1 aromatic carbocycles. The summed E-state index contributed by atoms with van der Waals surface area (Å²) in [5.74, 6) is -0.245. The highest BCUT2D eigenvalue weighted by Gasteiger charge is 2.17. The zero-order valence-electron chi connectivity index (χ0n) is 15.4. The van der Waals surface area contributed by atoms with Gasteiger partial charge in [-0.25, -0.2) is 14.3 Å². The van der Waals surface area contributed by atoms with Crippen LogP contribution in [0.3, 0.4) is 0 Å². The molecule has 0 saturated carbocycles. The van der Waals surface area contributed by atoms with E-state index in [1.54, 1.807) is 30.7 Å². The van der Waals surface area contributed by atoms with E-state index in [0.29, 0.717) is 17.7 Å². The smallest absolute Gasteiger partial charge is 0.335 e. The van der Waals surface area contributed by atoms with E-state index in [1.165, 1.54) is 9.13 Å². The van der Waals surface area contributed by atoms with Crippen molar-refractivity contribution in [1.29, 1.82) is 0 Å². The number of carbonyl (C=O) groups is 1. The van der Waals surface area contributed by atoms with E-state index in [2.05, 4.69) is 15.3 Å². The average molecular weight is 373 g/mol. The van der Waals surface area contributed by atoms with Gasteiger partial charge < -0.3 is 5.32 Å². The molecule has 0 atom stereocenters. The second-order valence-corrected chi connectivity index (χ2v) is 6.52. The Balaban J connectivity index is 1.66. The van der Waals surface area contributed by atoms with Crippen LogP contribution in [0.5, 0.6) is 0 Å². The van der Waals surface area contributed by atoms with Crippen molar-refractivity contribution in [2.45, 2.75) is 20.0 Å². The molecule has 0 unspecified atom stereocenters. The van der Waals surface area contributed by atoms with Crippen LogP contribution in [0.1, 0.15) is 11.1 Å². The van der Waals surface area contributed by atoms with Crippen LogP contribution in [-0.2, 0) is 17.9 Å².